The fourth-order valence-corrected chi connectivity index (χ4v) is 2.48. The van der Waals surface area contributed by atoms with Crippen molar-refractivity contribution in [3.63, 3.8) is 0 Å². The molecule has 2 heterocycles. The first-order valence-electron chi connectivity index (χ1n) is 6.55. The average Bonchev–Trinajstić information content (AvgIpc) is 2.89. The van der Waals surface area contributed by atoms with Gasteiger partial charge < -0.3 is 0 Å². The minimum Gasteiger partial charge on any atom is -0.276 e. The third-order valence-corrected chi connectivity index (χ3v) is 3.44. The molecule has 0 spiro atoms. The van der Waals surface area contributed by atoms with E-state index in [4.69, 9.17) is 5.84 Å². The van der Waals surface area contributed by atoms with Crippen LogP contribution in [0.5, 0.6) is 0 Å². The van der Waals surface area contributed by atoms with Gasteiger partial charge in [0.05, 0.1) is 17.8 Å². The third-order valence-electron chi connectivity index (χ3n) is 3.44. The van der Waals surface area contributed by atoms with Crippen LogP contribution in [0.4, 0.5) is 0 Å². The molecule has 0 saturated carbocycles. The van der Waals surface area contributed by atoms with Gasteiger partial charge in [-0.25, -0.2) is 0 Å². The molecule has 5 heteroatoms. The summed E-state index contributed by atoms with van der Waals surface area (Å²) in [5.41, 5.74) is 6.13. The molecule has 0 bridgehead atoms. The number of benzene rings is 1. The molecule has 2 aromatic heterocycles. The summed E-state index contributed by atoms with van der Waals surface area (Å²) in [6.45, 7) is 0. The molecule has 102 valence electrons. The van der Waals surface area contributed by atoms with Crippen LogP contribution < -0.4 is 11.3 Å². The van der Waals surface area contributed by atoms with Crippen LogP contribution >= 0.6 is 0 Å². The second-order valence-electron chi connectivity index (χ2n) is 4.87. The number of aromatic nitrogens is 3. The van der Waals surface area contributed by atoms with Crippen molar-refractivity contribution in [1.29, 1.82) is 0 Å². The van der Waals surface area contributed by atoms with Gasteiger partial charge in [-0.3, -0.25) is 20.9 Å². The summed E-state index contributed by atoms with van der Waals surface area (Å²) < 4.78 is 1.80. The molecule has 0 radical (unpaired) electrons. The monoisotopic (exact) mass is 267 g/mol. The van der Waals surface area contributed by atoms with Gasteiger partial charge in [0.25, 0.3) is 0 Å². The number of pyridine rings is 1. The molecule has 0 aliphatic rings. The topological polar surface area (TPSA) is 68.8 Å². The lowest BCUT2D eigenvalue weighted by atomic mass is 9.98. The molecule has 0 fully saturated rings. The van der Waals surface area contributed by atoms with Gasteiger partial charge in [0.2, 0.25) is 0 Å². The molecular formula is C15H17N5. The third kappa shape index (κ3) is 2.41. The smallest absolute Gasteiger partial charge is 0.0750 e. The van der Waals surface area contributed by atoms with E-state index in [0.29, 0.717) is 0 Å². The van der Waals surface area contributed by atoms with Gasteiger partial charge in [0.15, 0.2) is 0 Å². The highest BCUT2D eigenvalue weighted by atomic mass is 15.2. The fraction of sp³-hybridized carbons (Fsp3) is 0.200. The van der Waals surface area contributed by atoms with Crippen molar-refractivity contribution in [3.05, 3.63) is 60.0 Å². The number of fused-ring (bicyclic) bond motifs is 1. The number of hydrogen-bond donors (Lipinski definition) is 2. The van der Waals surface area contributed by atoms with Gasteiger partial charge in [-0.1, -0.05) is 24.3 Å². The van der Waals surface area contributed by atoms with E-state index in [1.807, 2.05) is 37.8 Å². The summed E-state index contributed by atoms with van der Waals surface area (Å²) in [6.07, 6.45) is 6.45. The molecule has 1 unspecified atom stereocenters. The van der Waals surface area contributed by atoms with Crippen LogP contribution in [0, 0.1) is 0 Å². The van der Waals surface area contributed by atoms with E-state index in [2.05, 4.69) is 33.7 Å². The molecule has 0 aliphatic heterocycles. The highest BCUT2D eigenvalue weighted by Crippen LogP contribution is 2.24. The van der Waals surface area contributed by atoms with Crippen molar-refractivity contribution in [2.75, 3.05) is 0 Å². The summed E-state index contributed by atoms with van der Waals surface area (Å²) in [5.74, 6) is 5.75. The maximum absolute atomic E-state index is 5.75. The van der Waals surface area contributed by atoms with E-state index in [9.17, 15) is 0 Å². The van der Waals surface area contributed by atoms with Crippen molar-refractivity contribution in [2.45, 2.75) is 12.5 Å². The molecule has 20 heavy (non-hydrogen) atoms. The number of aryl methyl sites for hydroxylation is 1. The maximum Gasteiger partial charge on any atom is 0.0750 e. The second-order valence-corrected chi connectivity index (χ2v) is 4.87. The lowest BCUT2D eigenvalue weighted by Crippen LogP contribution is -2.29. The number of rotatable bonds is 4. The number of para-hydroxylation sites is 1. The highest BCUT2D eigenvalue weighted by molar-refractivity contribution is 5.82. The highest BCUT2D eigenvalue weighted by Gasteiger charge is 2.15. The first-order valence-corrected chi connectivity index (χ1v) is 6.55. The van der Waals surface area contributed by atoms with Crippen molar-refractivity contribution in [3.8, 4) is 0 Å². The van der Waals surface area contributed by atoms with Crippen molar-refractivity contribution in [1.82, 2.24) is 20.2 Å². The van der Waals surface area contributed by atoms with E-state index >= 15 is 0 Å². The Morgan fingerprint density at radius 1 is 1.30 bits per heavy atom. The number of hydrogen-bond acceptors (Lipinski definition) is 4. The van der Waals surface area contributed by atoms with Gasteiger partial charge >= 0.3 is 0 Å². The van der Waals surface area contributed by atoms with Crippen LogP contribution in [-0.4, -0.2) is 14.8 Å². The molecule has 0 amide bonds. The van der Waals surface area contributed by atoms with Crippen LogP contribution in [0.25, 0.3) is 10.9 Å². The van der Waals surface area contributed by atoms with E-state index in [0.717, 1.165) is 28.5 Å². The zero-order valence-corrected chi connectivity index (χ0v) is 11.3. The Morgan fingerprint density at radius 2 is 2.15 bits per heavy atom. The van der Waals surface area contributed by atoms with Crippen LogP contribution in [0.15, 0.2) is 48.9 Å². The Balaban J connectivity index is 1.98. The molecule has 5 nitrogen and oxygen atoms in total. The molecule has 0 aliphatic carbocycles. The Hall–Kier alpha value is -2.24. The molecule has 3 rings (SSSR count). The standard InChI is InChI=1S/C15H17N5/c1-20-10-11(9-18-20)8-14(19-16)13-6-2-4-12-5-3-7-17-15(12)13/h2-7,9-10,14,19H,8,16H2,1H3. The predicted octanol–water partition coefficient (Wildman–Crippen LogP) is 1.72. The first-order chi connectivity index (χ1) is 9.78. The van der Waals surface area contributed by atoms with Gasteiger partial charge in [-0.15, -0.1) is 0 Å². The van der Waals surface area contributed by atoms with Crippen LogP contribution in [0.3, 0.4) is 0 Å². The molecule has 3 N–H and O–H groups in total. The van der Waals surface area contributed by atoms with Crippen molar-refractivity contribution in [2.24, 2.45) is 12.9 Å². The van der Waals surface area contributed by atoms with Crippen LogP contribution in [-0.2, 0) is 13.5 Å². The van der Waals surface area contributed by atoms with Crippen LogP contribution in [0.2, 0.25) is 0 Å². The molecule has 1 atom stereocenters. The van der Waals surface area contributed by atoms with E-state index in [1.165, 1.54) is 0 Å². The summed E-state index contributed by atoms with van der Waals surface area (Å²) in [6, 6.07) is 10.2. The molecular weight excluding hydrogens is 250 g/mol. The normalized spacial score (nSPS) is 12.7. The predicted molar refractivity (Wildman–Crippen MR) is 78.7 cm³/mol. The quantitative estimate of drug-likeness (QED) is 0.558. The molecule has 3 aromatic rings. The average molecular weight is 267 g/mol. The first kappa shape index (κ1) is 12.8. The minimum absolute atomic E-state index is 0.0119. The lowest BCUT2D eigenvalue weighted by Gasteiger charge is -2.17. The van der Waals surface area contributed by atoms with E-state index in [1.54, 1.807) is 4.68 Å². The summed E-state index contributed by atoms with van der Waals surface area (Å²) >= 11 is 0. The lowest BCUT2D eigenvalue weighted by molar-refractivity contribution is 0.554. The Labute approximate surface area is 117 Å². The van der Waals surface area contributed by atoms with Gasteiger partial charge in [0.1, 0.15) is 0 Å². The van der Waals surface area contributed by atoms with Crippen LogP contribution in [0.1, 0.15) is 17.2 Å². The number of nitrogens with one attached hydrogen (secondary N) is 1. The number of nitrogens with two attached hydrogens (primary N) is 1. The van der Waals surface area contributed by atoms with Gasteiger partial charge in [-0.2, -0.15) is 5.10 Å². The zero-order valence-electron chi connectivity index (χ0n) is 11.3. The summed E-state index contributed by atoms with van der Waals surface area (Å²) in [7, 11) is 1.91. The summed E-state index contributed by atoms with van der Waals surface area (Å²) in [5, 5.41) is 5.31. The Kier molecular flexibility index (Phi) is 3.45. The van der Waals surface area contributed by atoms with Crippen molar-refractivity contribution < 1.29 is 0 Å². The Bertz CT molecular complexity index is 714. The molecule has 0 saturated heterocycles. The second kappa shape index (κ2) is 5.40. The van der Waals surface area contributed by atoms with E-state index in [-0.39, 0.29) is 6.04 Å². The summed E-state index contributed by atoms with van der Waals surface area (Å²) in [4.78, 5) is 4.48. The number of hydrazine groups is 1. The molecule has 1 aromatic carbocycles. The van der Waals surface area contributed by atoms with Crippen molar-refractivity contribution >= 4 is 10.9 Å². The largest absolute Gasteiger partial charge is 0.276 e. The van der Waals surface area contributed by atoms with Gasteiger partial charge in [0, 0.05) is 24.8 Å². The Morgan fingerprint density at radius 3 is 2.90 bits per heavy atom. The maximum atomic E-state index is 5.75. The minimum atomic E-state index is 0.0119. The van der Waals surface area contributed by atoms with E-state index < -0.39 is 0 Å². The SMILES string of the molecule is Cn1cc(CC(NN)c2cccc3cccnc23)cn1. The fourth-order valence-electron chi connectivity index (χ4n) is 2.48. The number of nitrogens with zero attached hydrogens (tertiary/aromatic N) is 3. The zero-order chi connectivity index (χ0) is 13.9. The van der Waals surface area contributed by atoms with Gasteiger partial charge in [-0.05, 0) is 23.6 Å².